The quantitative estimate of drug-likeness (QED) is 0.785. The first-order chi connectivity index (χ1) is 9.80. The number of nitrogens with two attached hydrogens (primary N) is 1. The van der Waals surface area contributed by atoms with Crippen LogP contribution in [0.25, 0.3) is 16.8 Å². The molecule has 0 saturated carbocycles. The van der Waals surface area contributed by atoms with Gasteiger partial charge in [0.15, 0.2) is 0 Å². The van der Waals surface area contributed by atoms with Gasteiger partial charge in [0, 0.05) is 36.6 Å². The lowest BCUT2D eigenvalue weighted by atomic mass is 10.1. The number of pyridine rings is 2. The van der Waals surface area contributed by atoms with Crippen molar-refractivity contribution < 1.29 is 4.74 Å². The molecule has 0 unspecified atom stereocenters. The average Bonchev–Trinajstić information content (AvgIpc) is 2.89. The number of imidazole rings is 1. The van der Waals surface area contributed by atoms with E-state index in [1.54, 1.807) is 13.3 Å². The lowest BCUT2D eigenvalue weighted by molar-refractivity contribution is 0.398. The Labute approximate surface area is 117 Å². The summed E-state index contributed by atoms with van der Waals surface area (Å²) in [6.45, 7) is 0.610. The molecule has 0 aliphatic rings. The van der Waals surface area contributed by atoms with Crippen molar-refractivity contribution in [3.63, 3.8) is 0 Å². The molecule has 0 amide bonds. The fourth-order valence-corrected chi connectivity index (χ4v) is 2.16. The fraction of sp³-hybridized carbons (Fsp3) is 0.200. The van der Waals surface area contributed by atoms with Gasteiger partial charge in [-0.2, -0.15) is 0 Å². The van der Waals surface area contributed by atoms with Crippen molar-refractivity contribution in [2.24, 2.45) is 5.73 Å². The van der Waals surface area contributed by atoms with E-state index in [4.69, 9.17) is 10.5 Å². The van der Waals surface area contributed by atoms with Crippen molar-refractivity contribution in [2.75, 3.05) is 13.7 Å². The molecule has 3 aromatic heterocycles. The lowest BCUT2D eigenvalue weighted by Crippen LogP contribution is -2.02. The molecule has 2 N–H and O–H groups in total. The number of hydrogen-bond donors (Lipinski definition) is 1. The summed E-state index contributed by atoms with van der Waals surface area (Å²) in [5, 5.41) is 0. The molecular formula is C15H16N4O. The first-order valence-corrected chi connectivity index (χ1v) is 6.48. The molecule has 0 fully saturated rings. The second kappa shape index (κ2) is 5.30. The maximum atomic E-state index is 5.56. The highest BCUT2D eigenvalue weighted by molar-refractivity contribution is 5.64. The summed E-state index contributed by atoms with van der Waals surface area (Å²) in [5.41, 5.74) is 9.63. The van der Waals surface area contributed by atoms with Gasteiger partial charge in [-0.15, -0.1) is 0 Å². The molecule has 3 rings (SSSR count). The normalized spacial score (nSPS) is 10.9. The van der Waals surface area contributed by atoms with Crippen LogP contribution in [0.4, 0.5) is 0 Å². The SMILES string of the molecule is COc1ccc(-c2ccc3nc(CCN)cn3c2)cn1. The summed E-state index contributed by atoms with van der Waals surface area (Å²) in [7, 11) is 1.61. The van der Waals surface area contributed by atoms with Crippen LogP contribution in [-0.2, 0) is 6.42 Å². The molecule has 0 aliphatic heterocycles. The lowest BCUT2D eigenvalue weighted by Gasteiger charge is -2.03. The fourth-order valence-electron chi connectivity index (χ4n) is 2.16. The van der Waals surface area contributed by atoms with E-state index in [0.29, 0.717) is 12.4 Å². The third-order valence-corrected chi connectivity index (χ3v) is 3.18. The molecule has 5 heteroatoms. The van der Waals surface area contributed by atoms with Crippen molar-refractivity contribution in [3.05, 3.63) is 48.5 Å². The van der Waals surface area contributed by atoms with Crippen LogP contribution in [0.1, 0.15) is 5.69 Å². The van der Waals surface area contributed by atoms with Gasteiger partial charge in [0.05, 0.1) is 12.8 Å². The van der Waals surface area contributed by atoms with E-state index in [-0.39, 0.29) is 0 Å². The highest BCUT2D eigenvalue weighted by Crippen LogP contribution is 2.21. The first-order valence-electron chi connectivity index (χ1n) is 6.48. The van der Waals surface area contributed by atoms with E-state index >= 15 is 0 Å². The minimum atomic E-state index is 0.610. The Hall–Kier alpha value is -2.40. The second-order valence-corrected chi connectivity index (χ2v) is 4.54. The van der Waals surface area contributed by atoms with Crippen LogP contribution in [0.3, 0.4) is 0 Å². The predicted molar refractivity (Wildman–Crippen MR) is 77.7 cm³/mol. The van der Waals surface area contributed by atoms with E-state index in [2.05, 4.69) is 9.97 Å². The zero-order valence-corrected chi connectivity index (χ0v) is 11.3. The Balaban J connectivity index is 1.98. The monoisotopic (exact) mass is 268 g/mol. The highest BCUT2D eigenvalue weighted by Gasteiger charge is 2.04. The van der Waals surface area contributed by atoms with Crippen LogP contribution in [0.15, 0.2) is 42.9 Å². The molecule has 0 aromatic carbocycles. The smallest absolute Gasteiger partial charge is 0.212 e. The van der Waals surface area contributed by atoms with Gasteiger partial charge in [0.25, 0.3) is 0 Å². The van der Waals surface area contributed by atoms with Crippen LogP contribution < -0.4 is 10.5 Å². The maximum Gasteiger partial charge on any atom is 0.212 e. The van der Waals surface area contributed by atoms with Gasteiger partial charge in [-0.3, -0.25) is 0 Å². The van der Waals surface area contributed by atoms with Gasteiger partial charge in [0.1, 0.15) is 5.65 Å². The standard InChI is InChI=1S/C15H16N4O/c1-20-15-5-3-11(8-17-15)12-2-4-14-18-13(6-7-16)10-19(14)9-12/h2-5,8-10H,6-7,16H2,1H3. The molecular weight excluding hydrogens is 252 g/mol. The van der Waals surface area contributed by atoms with E-state index in [1.807, 2.05) is 41.1 Å². The van der Waals surface area contributed by atoms with Crippen molar-refractivity contribution in [1.82, 2.24) is 14.4 Å². The van der Waals surface area contributed by atoms with Crippen molar-refractivity contribution in [2.45, 2.75) is 6.42 Å². The van der Waals surface area contributed by atoms with E-state index in [0.717, 1.165) is 28.9 Å². The summed E-state index contributed by atoms with van der Waals surface area (Å²) in [6, 6.07) is 7.88. The summed E-state index contributed by atoms with van der Waals surface area (Å²) >= 11 is 0. The summed E-state index contributed by atoms with van der Waals surface area (Å²) < 4.78 is 7.09. The zero-order chi connectivity index (χ0) is 13.9. The van der Waals surface area contributed by atoms with Gasteiger partial charge in [-0.25, -0.2) is 9.97 Å². The third-order valence-electron chi connectivity index (χ3n) is 3.18. The number of fused-ring (bicyclic) bond motifs is 1. The van der Waals surface area contributed by atoms with Gasteiger partial charge >= 0.3 is 0 Å². The van der Waals surface area contributed by atoms with E-state index < -0.39 is 0 Å². The third kappa shape index (κ3) is 2.35. The van der Waals surface area contributed by atoms with Crippen molar-refractivity contribution in [3.8, 4) is 17.0 Å². The molecule has 5 nitrogen and oxygen atoms in total. The molecule has 20 heavy (non-hydrogen) atoms. The Morgan fingerprint density at radius 2 is 2.00 bits per heavy atom. The minimum Gasteiger partial charge on any atom is -0.481 e. The highest BCUT2D eigenvalue weighted by atomic mass is 16.5. The number of ether oxygens (including phenoxy) is 1. The number of rotatable bonds is 4. The molecule has 0 atom stereocenters. The minimum absolute atomic E-state index is 0.610. The van der Waals surface area contributed by atoms with Gasteiger partial charge < -0.3 is 14.9 Å². The van der Waals surface area contributed by atoms with E-state index in [1.165, 1.54) is 0 Å². The summed E-state index contributed by atoms with van der Waals surface area (Å²) in [5.74, 6) is 0.614. The van der Waals surface area contributed by atoms with Crippen LogP contribution in [0.2, 0.25) is 0 Å². The van der Waals surface area contributed by atoms with Gasteiger partial charge in [0.2, 0.25) is 5.88 Å². The Kier molecular flexibility index (Phi) is 3.35. The molecule has 0 radical (unpaired) electrons. The largest absolute Gasteiger partial charge is 0.481 e. The van der Waals surface area contributed by atoms with Gasteiger partial charge in [-0.05, 0) is 30.3 Å². The molecule has 3 aromatic rings. The Morgan fingerprint density at radius 3 is 2.70 bits per heavy atom. The molecule has 0 aliphatic carbocycles. The number of hydrogen-bond acceptors (Lipinski definition) is 4. The predicted octanol–water partition coefficient (Wildman–Crippen LogP) is 1.91. The van der Waals surface area contributed by atoms with Crippen molar-refractivity contribution in [1.29, 1.82) is 0 Å². The topological polar surface area (TPSA) is 65.4 Å². The zero-order valence-electron chi connectivity index (χ0n) is 11.3. The Morgan fingerprint density at radius 1 is 1.15 bits per heavy atom. The summed E-state index contributed by atoms with van der Waals surface area (Å²) in [6.07, 6.45) is 6.66. The Bertz CT molecular complexity index is 718. The van der Waals surface area contributed by atoms with Crippen LogP contribution in [-0.4, -0.2) is 28.0 Å². The number of aromatic nitrogens is 3. The molecule has 0 spiro atoms. The summed E-state index contributed by atoms with van der Waals surface area (Å²) in [4.78, 5) is 8.74. The van der Waals surface area contributed by atoms with Gasteiger partial charge in [-0.1, -0.05) is 0 Å². The molecule has 0 saturated heterocycles. The molecule has 102 valence electrons. The first kappa shape index (κ1) is 12.6. The second-order valence-electron chi connectivity index (χ2n) is 4.54. The molecule has 3 heterocycles. The molecule has 0 bridgehead atoms. The number of methoxy groups -OCH3 is 1. The van der Waals surface area contributed by atoms with E-state index in [9.17, 15) is 0 Å². The van der Waals surface area contributed by atoms with Crippen LogP contribution in [0, 0.1) is 0 Å². The van der Waals surface area contributed by atoms with Crippen LogP contribution >= 0.6 is 0 Å². The maximum absolute atomic E-state index is 5.56. The average molecular weight is 268 g/mol. The van der Waals surface area contributed by atoms with Crippen LogP contribution in [0.5, 0.6) is 5.88 Å². The number of nitrogens with zero attached hydrogens (tertiary/aromatic N) is 3. The van der Waals surface area contributed by atoms with Crippen molar-refractivity contribution >= 4 is 5.65 Å².